The maximum Gasteiger partial charge on any atom is 0.0594 e. The summed E-state index contributed by atoms with van der Waals surface area (Å²) in [5.41, 5.74) is 7.17. The molecule has 3 heteroatoms. The molecule has 0 amide bonds. The highest BCUT2D eigenvalue weighted by molar-refractivity contribution is 5.10. The second-order valence-corrected chi connectivity index (χ2v) is 4.58. The summed E-state index contributed by atoms with van der Waals surface area (Å²) in [6, 6.07) is 0.0283. The highest BCUT2D eigenvalue weighted by atomic mass is 16.5. The Labute approximate surface area is 86.9 Å². The van der Waals surface area contributed by atoms with Crippen LogP contribution in [-0.2, 0) is 4.74 Å². The normalized spacial score (nSPS) is 22.0. The van der Waals surface area contributed by atoms with E-state index in [1.165, 1.54) is 0 Å². The molecule has 0 aromatic rings. The zero-order valence-electron chi connectivity index (χ0n) is 9.55. The third-order valence-electron chi connectivity index (χ3n) is 3.12. The van der Waals surface area contributed by atoms with Crippen LogP contribution < -0.4 is 5.73 Å². The fourth-order valence-electron chi connectivity index (χ4n) is 1.94. The van der Waals surface area contributed by atoms with E-state index in [-0.39, 0.29) is 11.6 Å². The van der Waals surface area contributed by atoms with E-state index in [1.54, 1.807) is 0 Å². The van der Waals surface area contributed by atoms with Crippen molar-refractivity contribution in [2.75, 3.05) is 26.3 Å². The highest BCUT2D eigenvalue weighted by Gasteiger charge is 2.34. The van der Waals surface area contributed by atoms with Crippen LogP contribution in [0.5, 0.6) is 0 Å². The Morgan fingerprint density at radius 3 is 2.36 bits per heavy atom. The number of nitrogens with two attached hydrogens (primary N) is 1. The Bertz CT molecular complexity index is 207. The molecule has 1 aliphatic heterocycles. The van der Waals surface area contributed by atoms with E-state index in [9.17, 15) is 0 Å². The van der Waals surface area contributed by atoms with Crippen molar-refractivity contribution in [2.45, 2.75) is 32.4 Å². The first-order valence-corrected chi connectivity index (χ1v) is 5.20. The Hall–Kier alpha value is -0.380. The Morgan fingerprint density at radius 2 is 1.93 bits per heavy atom. The van der Waals surface area contributed by atoms with Gasteiger partial charge in [0.2, 0.25) is 0 Å². The lowest BCUT2D eigenvalue weighted by Crippen LogP contribution is -2.59. The average molecular weight is 198 g/mol. The van der Waals surface area contributed by atoms with E-state index >= 15 is 0 Å². The molecule has 0 spiro atoms. The zero-order valence-corrected chi connectivity index (χ0v) is 9.55. The molecule has 1 unspecified atom stereocenters. The Balaban J connectivity index is 2.66. The number of morpholine rings is 1. The number of ether oxygens (including phenoxy) is 1. The number of hydrogen-bond acceptors (Lipinski definition) is 3. The minimum atomic E-state index is -0.0182. The van der Waals surface area contributed by atoms with Gasteiger partial charge in [-0.05, 0) is 20.8 Å². The molecule has 1 fully saturated rings. The van der Waals surface area contributed by atoms with E-state index < -0.39 is 0 Å². The maximum atomic E-state index is 6.14. The molecule has 0 saturated carbocycles. The van der Waals surface area contributed by atoms with Gasteiger partial charge in [0.15, 0.2) is 0 Å². The standard InChI is InChI=1S/C11H22N2O/c1-9(2)10(12)11(3,4)13-5-7-14-8-6-13/h10H,1,5-8,12H2,2-4H3. The van der Waals surface area contributed by atoms with E-state index in [0.717, 1.165) is 31.9 Å². The van der Waals surface area contributed by atoms with Crippen LogP contribution in [0.25, 0.3) is 0 Å². The van der Waals surface area contributed by atoms with Crippen molar-refractivity contribution in [2.24, 2.45) is 5.73 Å². The Kier molecular flexibility index (Phi) is 3.70. The van der Waals surface area contributed by atoms with Gasteiger partial charge in [-0.2, -0.15) is 0 Å². The van der Waals surface area contributed by atoms with Crippen LogP contribution in [0.3, 0.4) is 0 Å². The number of hydrogen-bond donors (Lipinski definition) is 1. The topological polar surface area (TPSA) is 38.5 Å². The molecule has 82 valence electrons. The summed E-state index contributed by atoms with van der Waals surface area (Å²) in [5.74, 6) is 0. The maximum absolute atomic E-state index is 6.14. The van der Waals surface area contributed by atoms with Crippen LogP contribution in [-0.4, -0.2) is 42.8 Å². The first kappa shape index (κ1) is 11.7. The van der Waals surface area contributed by atoms with Gasteiger partial charge in [-0.1, -0.05) is 12.2 Å². The minimum Gasteiger partial charge on any atom is -0.379 e. The van der Waals surface area contributed by atoms with Crippen LogP contribution in [0.1, 0.15) is 20.8 Å². The molecule has 0 bridgehead atoms. The van der Waals surface area contributed by atoms with Gasteiger partial charge < -0.3 is 10.5 Å². The van der Waals surface area contributed by atoms with Gasteiger partial charge in [-0.25, -0.2) is 0 Å². The van der Waals surface area contributed by atoms with Gasteiger partial charge in [0.1, 0.15) is 0 Å². The van der Waals surface area contributed by atoms with Gasteiger partial charge in [-0.3, -0.25) is 4.90 Å². The van der Waals surface area contributed by atoms with E-state index in [4.69, 9.17) is 10.5 Å². The van der Waals surface area contributed by atoms with Gasteiger partial charge >= 0.3 is 0 Å². The van der Waals surface area contributed by atoms with Gasteiger partial charge in [0.25, 0.3) is 0 Å². The summed E-state index contributed by atoms with van der Waals surface area (Å²) >= 11 is 0. The fourth-order valence-corrected chi connectivity index (χ4v) is 1.94. The molecule has 1 aliphatic rings. The fraction of sp³-hybridized carbons (Fsp3) is 0.818. The summed E-state index contributed by atoms with van der Waals surface area (Å²) in [6.45, 7) is 13.8. The summed E-state index contributed by atoms with van der Waals surface area (Å²) in [6.07, 6.45) is 0. The predicted molar refractivity (Wildman–Crippen MR) is 59.3 cm³/mol. The molecule has 3 nitrogen and oxygen atoms in total. The molecular formula is C11H22N2O. The van der Waals surface area contributed by atoms with Crippen molar-refractivity contribution in [3.05, 3.63) is 12.2 Å². The molecule has 14 heavy (non-hydrogen) atoms. The van der Waals surface area contributed by atoms with Crippen molar-refractivity contribution in [1.29, 1.82) is 0 Å². The van der Waals surface area contributed by atoms with Gasteiger partial charge in [-0.15, -0.1) is 0 Å². The largest absolute Gasteiger partial charge is 0.379 e. The summed E-state index contributed by atoms with van der Waals surface area (Å²) < 4.78 is 5.33. The predicted octanol–water partition coefficient (Wildman–Crippen LogP) is 1.00. The quantitative estimate of drug-likeness (QED) is 0.688. The van der Waals surface area contributed by atoms with Crippen molar-refractivity contribution in [3.8, 4) is 0 Å². The van der Waals surface area contributed by atoms with Crippen LogP contribution in [0.4, 0.5) is 0 Å². The van der Waals surface area contributed by atoms with Crippen LogP contribution in [0, 0.1) is 0 Å². The lowest BCUT2D eigenvalue weighted by Gasteiger charge is -2.44. The summed E-state index contributed by atoms with van der Waals surface area (Å²) in [5, 5.41) is 0. The molecule has 0 radical (unpaired) electrons. The first-order valence-electron chi connectivity index (χ1n) is 5.20. The van der Waals surface area contributed by atoms with Crippen molar-refractivity contribution in [3.63, 3.8) is 0 Å². The minimum absolute atomic E-state index is 0.0182. The average Bonchev–Trinajstić information content (AvgIpc) is 2.18. The molecule has 1 saturated heterocycles. The summed E-state index contributed by atoms with van der Waals surface area (Å²) in [4.78, 5) is 2.38. The number of rotatable bonds is 3. The second-order valence-electron chi connectivity index (χ2n) is 4.58. The van der Waals surface area contributed by atoms with E-state index in [1.807, 2.05) is 6.92 Å². The molecule has 1 heterocycles. The lowest BCUT2D eigenvalue weighted by molar-refractivity contribution is -0.0149. The molecule has 2 N–H and O–H groups in total. The molecular weight excluding hydrogens is 176 g/mol. The van der Waals surface area contributed by atoms with Crippen LogP contribution in [0.2, 0.25) is 0 Å². The zero-order chi connectivity index (χ0) is 10.8. The highest BCUT2D eigenvalue weighted by Crippen LogP contribution is 2.22. The molecule has 1 rings (SSSR count). The Morgan fingerprint density at radius 1 is 1.43 bits per heavy atom. The van der Waals surface area contributed by atoms with E-state index in [0.29, 0.717) is 0 Å². The molecule has 0 aromatic carbocycles. The number of nitrogens with zero attached hydrogens (tertiary/aromatic N) is 1. The van der Waals surface area contributed by atoms with Crippen molar-refractivity contribution in [1.82, 2.24) is 4.90 Å². The summed E-state index contributed by atoms with van der Waals surface area (Å²) in [7, 11) is 0. The molecule has 0 aliphatic carbocycles. The third-order valence-corrected chi connectivity index (χ3v) is 3.12. The monoisotopic (exact) mass is 198 g/mol. The second kappa shape index (κ2) is 4.43. The van der Waals surface area contributed by atoms with Crippen molar-refractivity contribution < 1.29 is 4.74 Å². The smallest absolute Gasteiger partial charge is 0.0594 e. The molecule has 1 atom stereocenters. The first-order chi connectivity index (χ1) is 6.46. The lowest BCUT2D eigenvalue weighted by atomic mass is 9.88. The van der Waals surface area contributed by atoms with Crippen LogP contribution >= 0.6 is 0 Å². The SMILES string of the molecule is C=C(C)C(N)C(C)(C)N1CCOCC1. The van der Waals surface area contributed by atoms with Gasteiger partial charge in [0.05, 0.1) is 13.2 Å². The molecule has 0 aromatic heterocycles. The van der Waals surface area contributed by atoms with E-state index in [2.05, 4.69) is 25.3 Å². The van der Waals surface area contributed by atoms with Gasteiger partial charge in [0, 0.05) is 24.7 Å². The third kappa shape index (κ3) is 2.35. The van der Waals surface area contributed by atoms with Crippen LogP contribution in [0.15, 0.2) is 12.2 Å². The van der Waals surface area contributed by atoms with Crippen molar-refractivity contribution >= 4 is 0 Å².